The lowest BCUT2D eigenvalue weighted by molar-refractivity contribution is -0.120. The normalized spacial score (nSPS) is 24.5. The Morgan fingerprint density at radius 3 is 2.85 bits per heavy atom. The summed E-state index contributed by atoms with van der Waals surface area (Å²) < 4.78 is 5.15. The molecule has 1 heterocycles. The van der Waals surface area contributed by atoms with Crippen LogP contribution in [0.4, 0.5) is 0 Å². The van der Waals surface area contributed by atoms with E-state index in [2.05, 4.69) is 0 Å². The summed E-state index contributed by atoms with van der Waals surface area (Å²) in [6.07, 6.45) is 5.36. The molecule has 1 aliphatic carbocycles. The summed E-state index contributed by atoms with van der Waals surface area (Å²) in [7, 11) is 0. The third kappa shape index (κ3) is 1.48. The molecule has 0 amide bonds. The van der Waals surface area contributed by atoms with Gasteiger partial charge in [0.1, 0.15) is 0 Å². The van der Waals surface area contributed by atoms with Crippen LogP contribution in [0.15, 0.2) is 11.8 Å². The van der Waals surface area contributed by atoms with Crippen molar-refractivity contribution < 1.29 is 9.53 Å². The van der Waals surface area contributed by atoms with Crippen molar-refractivity contribution in [2.75, 3.05) is 13.2 Å². The number of allylic oxidation sites excluding steroid dienone is 1. The van der Waals surface area contributed by atoms with Crippen LogP contribution in [0.2, 0.25) is 0 Å². The molecule has 3 nitrogen and oxygen atoms in total. The summed E-state index contributed by atoms with van der Waals surface area (Å²) in [6, 6.07) is 0. The van der Waals surface area contributed by atoms with Gasteiger partial charge in [-0.2, -0.15) is 0 Å². The van der Waals surface area contributed by atoms with E-state index in [1.807, 2.05) is 0 Å². The maximum Gasteiger partial charge on any atom is 0.169 e. The molecule has 0 atom stereocenters. The minimum absolute atomic E-state index is 0.202. The first-order chi connectivity index (χ1) is 6.28. The van der Waals surface area contributed by atoms with E-state index in [0.29, 0.717) is 6.54 Å². The van der Waals surface area contributed by atoms with E-state index in [9.17, 15) is 4.79 Å². The molecule has 2 N–H and O–H groups in total. The maximum atomic E-state index is 11.9. The van der Waals surface area contributed by atoms with Crippen molar-refractivity contribution in [1.29, 1.82) is 0 Å². The number of ketones is 1. The first-order valence-electron chi connectivity index (χ1n) is 4.84. The van der Waals surface area contributed by atoms with Gasteiger partial charge in [0.2, 0.25) is 0 Å². The number of ether oxygens (including phenoxy) is 1. The number of rotatable bonds is 3. The van der Waals surface area contributed by atoms with Crippen molar-refractivity contribution in [3.05, 3.63) is 11.8 Å². The Hall–Kier alpha value is -0.830. The van der Waals surface area contributed by atoms with Crippen LogP contribution in [0, 0.1) is 5.41 Å². The topological polar surface area (TPSA) is 52.3 Å². The van der Waals surface area contributed by atoms with Gasteiger partial charge in [0.25, 0.3) is 0 Å². The number of hydrogen-bond acceptors (Lipinski definition) is 3. The molecule has 2 aliphatic rings. The highest BCUT2D eigenvalue weighted by molar-refractivity contribution is 6.01. The van der Waals surface area contributed by atoms with Crippen LogP contribution < -0.4 is 5.73 Å². The molecule has 1 aliphatic heterocycles. The standard InChI is InChI=1S/C10H15NO2/c11-7-10(3-4-10)9(12)8-2-1-5-13-6-8/h6H,1-5,7,11H2. The molecule has 0 saturated heterocycles. The van der Waals surface area contributed by atoms with Gasteiger partial charge < -0.3 is 10.5 Å². The van der Waals surface area contributed by atoms with Crippen molar-refractivity contribution in [3.63, 3.8) is 0 Å². The Morgan fingerprint density at radius 2 is 2.38 bits per heavy atom. The van der Waals surface area contributed by atoms with E-state index in [-0.39, 0.29) is 11.2 Å². The summed E-state index contributed by atoms with van der Waals surface area (Å²) in [4.78, 5) is 11.9. The van der Waals surface area contributed by atoms with E-state index in [4.69, 9.17) is 10.5 Å². The largest absolute Gasteiger partial charge is 0.501 e. The van der Waals surface area contributed by atoms with Crippen molar-refractivity contribution in [2.45, 2.75) is 25.7 Å². The number of carbonyl (C=O) groups is 1. The summed E-state index contributed by atoms with van der Waals surface area (Å²) in [5, 5.41) is 0. The van der Waals surface area contributed by atoms with E-state index in [1.165, 1.54) is 0 Å². The summed E-state index contributed by atoms with van der Waals surface area (Å²) in [5.74, 6) is 0.231. The average Bonchev–Trinajstić information content (AvgIpc) is 2.99. The Morgan fingerprint density at radius 1 is 1.62 bits per heavy atom. The molecule has 0 unspecified atom stereocenters. The summed E-state index contributed by atoms with van der Waals surface area (Å²) in [6.45, 7) is 1.23. The Kier molecular flexibility index (Phi) is 2.12. The molecule has 13 heavy (non-hydrogen) atoms. The van der Waals surface area contributed by atoms with Crippen LogP contribution in [-0.2, 0) is 9.53 Å². The molecule has 2 rings (SSSR count). The number of hydrogen-bond donors (Lipinski definition) is 1. The highest BCUT2D eigenvalue weighted by Crippen LogP contribution is 2.47. The quantitative estimate of drug-likeness (QED) is 0.706. The SMILES string of the molecule is NCC1(C(=O)C2=COCCC2)CC1. The lowest BCUT2D eigenvalue weighted by Crippen LogP contribution is -2.27. The van der Waals surface area contributed by atoms with Gasteiger partial charge in [0, 0.05) is 17.5 Å². The first kappa shape index (κ1) is 8.75. The Labute approximate surface area is 77.9 Å². The second kappa shape index (κ2) is 3.14. The van der Waals surface area contributed by atoms with Gasteiger partial charge in [-0.1, -0.05) is 0 Å². The second-order valence-electron chi connectivity index (χ2n) is 3.93. The van der Waals surface area contributed by atoms with Crippen LogP contribution in [0.3, 0.4) is 0 Å². The minimum Gasteiger partial charge on any atom is -0.501 e. The Bertz CT molecular complexity index is 254. The predicted octanol–water partition coefficient (Wildman–Crippen LogP) is 0.989. The monoisotopic (exact) mass is 181 g/mol. The van der Waals surface area contributed by atoms with Gasteiger partial charge in [0.15, 0.2) is 5.78 Å². The zero-order chi connectivity index (χ0) is 9.31. The van der Waals surface area contributed by atoms with E-state index < -0.39 is 0 Å². The predicted molar refractivity (Wildman–Crippen MR) is 49.0 cm³/mol. The zero-order valence-corrected chi connectivity index (χ0v) is 7.71. The molecule has 1 saturated carbocycles. The molecule has 0 radical (unpaired) electrons. The highest BCUT2D eigenvalue weighted by Gasteiger charge is 2.49. The summed E-state index contributed by atoms with van der Waals surface area (Å²) in [5.41, 5.74) is 6.23. The van der Waals surface area contributed by atoms with Crippen LogP contribution >= 0.6 is 0 Å². The summed E-state index contributed by atoms with van der Waals surface area (Å²) >= 11 is 0. The fourth-order valence-corrected chi connectivity index (χ4v) is 1.75. The van der Waals surface area contributed by atoms with Gasteiger partial charge in [-0.05, 0) is 25.7 Å². The molecule has 72 valence electrons. The van der Waals surface area contributed by atoms with Gasteiger partial charge in [-0.3, -0.25) is 4.79 Å². The third-order valence-corrected chi connectivity index (χ3v) is 2.95. The van der Waals surface area contributed by atoms with Crippen molar-refractivity contribution in [3.8, 4) is 0 Å². The van der Waals surface area contributed by atoms with Gasteiger partial charge in [0.05, 0.1) is 12.9 Å². The molecule has 0 aromatic heterocycles. The molecule has 3 heteroatoms. The van der Waals surface area contributed by atoms with E-state index in [0.717, 1.165) is 37.9 Å². The minimum atomic E-state index is -0.202. The molecule has 0 bridgehead atoms. The molecular weight excluding hydrogens is 166 g/mol. The molecular formula is C10H15NO2. The number of Topliss-reactive ketones (excluding diaryl/α,β-unsaturated/α-hetero) is 1. The van der Waals surface area contributed by atoms with Crippen molar-refractivity contribution in [2.24, 2.45) is 11.1 Å². The zero-order valence-electron chi connectivity index (χ0n) is 7.71. The fourth-order valence-electron chi connectivity index (χ4n) is 1.75. The lowest BCUT2D eigenvalue weighted by atomic mass is 9.92. The average molecular weight is 181 g/mol. The van der Waals surface area contributed by atoms with E-state index in [1.54, 1.807) is 6.26 Å². The van der Waals surface area contributed by atoms with Crippen molar-refractivity contribution in [1.82, 2.24) is 0 Å². The smallest absolute Gasteiger partial charge is 0.169 e. The molecule has 1 fully saturated rings. The maximum absolute atomic E-state index is 11.9. The fraction of sp³-hybridized carbons (Fsp3) is 0.700. The second-order valence-corrected chi connectivity index (χ2v) is 3.93. The van der Waals surface area contributed by atoms with Crippen LogP contribution in [0.1, 0.15) is 25.7 Å². The van der Waals surface area contributed by atoms with Crippen molar-refractivity contribution >= 4 is 5.78 Å². The molecule has 0 aromatic rings. The van der Waals surface area contributed by atoms with Crippen LogP contribution in [0.25, 0.3) is 0 Å². The number of carbonyl (C=O) groups excluding carboxylic acids is 1. The Balaban J connectivity index is 2.08. The first-order valence-corrected chi connectivity index (χ1v) is 4.84. The molecule has 0 spiro atoms. The van der Waals surface area contributed by atoms with Crippen LogP contribution in [0.5, 0.6) is 0 Å². The van der Waals surface area contributed by atoms with Gasteiger partial charge >= 0.3 is 0 Å². The van der Waals surface area contributed by atoms with Gasteiger partial charge in [-0.25, -0.2) is 0 Å². The third-order valence-electron chi connectivity index (χ3n) is 2.95. The molecule has 0 aromatic carbocycles. The lowest BCUT2D eigenvalue weighted by Gasteiger charge is -2.17. The van der Waals surface area contributed by atoms with Crippen LogP contribution in [-0.4, -0.2) is 18.9 Å². The van der Waals surface area contributed by atoms with Gasteiger partial charge in [-0.15, -0.1) is 0 Å². The number of nitrogens with two attached hydrogens (primary N) is 1. The van der Waals surface area contributed by atoms with E-state index >= 15 is 0 Å². The highest BCUT2D eigenvalue weighted by atomic mass is 16.5.